The molecule has 0 aliphatic carbocycles. The summed E-state index contributed by atoms with van der Waals surface area (Å²) in [5.41, 5.74) is 0.648. The topological polar surface area (TPSA) is 98.2 Å². The average Bonchev–Trinajstić information content (AvgIpc) is 2.91. The van der Waals surface area contributed by atoms with Gasteiger partial charge in [-0.2, -0.15) is 0 Å². The molecule has 0 aliphatic heterocycles. The summed E-state index contributed by atoms with van der Waals surface area (Å²) in [7, 11) is 0. The van der Waals surface area contributed by atoms with Crippen LogP contribution < -0.4 is 5.32 Å². The Morgan fingerprint density at radius 3 is 2.95 bits per heavy atom. The van der Waals surface area contributed by atoms with Gasteiger partial charge >= 0.3 is 5.69 Å². The third-order valence-electron chi connectivity index (χ3n) is 3.06. The molecule has 1 unspecified atom stereocenters. The minimum Gasteiger partial charge on any atom is -0.355 e. The predicted octanol–water partition coefficient (Wildman–Crippen LogP) is 2.21. The summed E-state index contributed by atoms with van der Waals surface area (Å²) >= 11 is 0. The quantitative estimate of drug-likeness (QED) is 0.582. The van der Waals surface area contributed by atoms with Crippen molar-refractivity contribution in [2.24, 2.45) is 0 Å². The van der Waals surface area contributed by atoms with Crippen LogP contribution in [-0.2, 0) is 0 Å². The summed E-state index contributed by atoms with van der Waals surface area (Å²) in [4.78, 5) is 14.5. The molecule has 3 heterocycles. The molecule has 0 spiro atoms. The molecular weight excluding hydrogens is 272 g/mol. The number of nitro groups is 1. The fourth-order valence-corrected chi connectivity index (χ4v) is 2.08. The Morgan fingerprint density at radius 2 is 2.14 bits per heavy atom. The first kappa shape index (κ1) is 13.0. The molecule has 8 heteroatoms. The van der Waals surface area contributed by atoms with E-state index in [0.29, 0.717) is 5.82 Å². The molecule has 1 atom stereocenters. The molecule has 3 aromatic rings. The Bertz CT molecular complexity index is 800. The van der Waals surface area contributed by atoms with E-state index in [2.05, 4.69) is 20.5 Å². The number of anilines is 1. The molecular formula is C13H12N6O2. The molecule has 3 aromatic heterocycles. The minimum absolute atomic E-state index is 0.0711. The maximum atomic E-state index is 11.0. The first-order valence-corrected chi connectivity index (χ1v) is 6.32. The molecule has 106 valence electrons. The maximum absolute atomic E-state index is 11.0. The van der Waals surface area contributed by atoms with Crippen LogP contribution in [0.1, 0.15) is 18.8 Å². The highest BCUT2D eigenvalue weighted by atomic mass is 16.6. The molecule has 0 bridgehead atoms. The monoisotopic (exact) mass is 284 g/mol. The normalized spacial score (nSPS) is 12.2. The minimum atomic E-state index is -0.468. The van der Waals surface area contributed by atoms with Gasteiger partial charge in [0.05, 0.1) is 11.0 Å². The van der Waals surface area contributed by atoms with Crippen LogP contribution in [0.4, 0.5) is 11.5 Å². The number of hydrogen-bond donors (Lipinski definition) is 1. The van der Waals surface area contributed by atoms with Gasteiger partial charge in [0, 0.05) is 18.5 Å². The lowest BCUT2D eigenvalue weighted by molar-refractivity contribution is -0.384. The van der Waals surface area contributed by atoms with E-state index in [1.807, 2.05) is 35.7 Å². The Morgan fingerprint density at radius 1 is 1.29 bits per heavy atom. The third-order valence-corrected chi connectivity index (χ3v) is 3.06. The van der Waals surface area contributed by atoms with Crippen molar-refractivity contribution in [1.29, 1.82) is 0 Å². The SMILES string of the molecule is CC(Nc1ncccc1[N+](=O)[O-])c1nnc2ccccn12. The van der Waals surface area contributed by atoms with Crippen LogP contribution in [0.5, 0.6) is 0 Å². The van der Waals surface area contributed by atoms with Gasteiger partial charge in [0.15, 0.2) is 11.5 Å². The molecule has 0 amide bonds. The highest BCUT2D eigenvalue weighted by Crippen LogP contribution is 2.24. The van der Waals surface area contributed by atoms with Crippen molar-refractivity contribution in [3.05, 3.63) is 58.7 Å². The molecule has 1 N–H and O–H groups in total. The first-order chi connectivity index (χ1) is 10.2. The average molecular weight is 284 g/mol. The first-order valence-electron chi connectivity index (χ1n) is 6.32. The van der Waals surface area contributed by atoms with Gasteiger partial charge in [-0.25, -0.2) is 4.98 Å². The molecule has 0 saturated heterocycles. The van der Waals surface area contributed by atoms with Crippen molar-refractivity contribution in [3.8, 4) is 0 Å². The van der Waals surface area contributed by atoms with Gasteiger partial charge in [-0.15, -0.1) is 10.2 Å². The number of aromatic nitrogens is 4. The second-order valence-corrected chi connectivity index (χ2v) is 4.48. The van der Waals surface area contributed by atoms with Crippen LogP contribution in [0.25, 0.3) is 5.65 Å². The maximum Gasteiger partial charge on any atom is 0.311 e. The number of fused-ring (bicyclic) bond motifs is 1. The van der Waals surface area contributed by atoms with Gasteiger partial charge in [-0.3, -0.25) is 14.5 Å². The zero-order valence-corrected chi connectivity index (χ0v) is 11.2. The predicted molar refractivity (Wildman–Crippen MR) is 75.9 cm³/mol. The van der Waals surface area contributed by atoms with Crippen LogP contribution in [0.15, 0.2) is 42.7 Å². The highest BCUT2D eigenvalue weighted by Gasteiger charge is 2.19. The molecule has 0 radical (unpaired) electrons. The van der Waals surface area contributed by atoms with Crippen molar-refractivity contribution in [2.45, 2.75) is 13.0 Å². The van der Waals surface area contributed by atoms with E-state index in [0.717, 1.165) is 5.65 Å². The Hall–Kier alpha value is -3.03. The number of nitrogens with one attached hydrogen (secondary N) is 1. The van der Waals surface area contributed by atoms with Crippen molar-refractivity contribution >= 4 is 17.2 Å². The molecule has 21 heavy (non-hydrogen) atoms. The molecule has 0 fully saturated rings. The lowest BCUT2D eigenvalue weighted by Crippen LogP contribution is -2.12. The van der Waals surface area contributed by atoms with Crippen molar-refractivity contribution in [1.82, 2.24) is 19.6 Å². The van der Waals surface area contributed by atoms with Crippen LogP contribution >= 0.6 is 0 Å². The summed E-state index contributed by atoms with van der Waals surface area (Å²) in [5, 5.41) is 22.2. The zero-order chi connectivity index (χ0) is 14.8. The van der Waals surface area contributed by atoms with E-state index >= 15 is 0 Å². The Balaban J connectivity index is 1.93. The number of rotatable bonds is 4. The van der Waals surface area contributed by atoms with Crippen LogP contribution in [0.3, 0.4) is 0 Å². The van der Waals surface area contributed by atoms with E-state index in [1.54, 1.807) is 0 Å². The van der Waals surface area contributed by atoms with E-state index in [9.17, 15) is 10.1 Å². The van der Waals surface area contributed by atoms with Crippen LogP contribution in [0.2, 0.25) is 0 Å². The van der Waals surface area contributed by atoms with Crippen molar-refractivity contribution in [2.75, 3.05) is 5.32 Å². The van der Waals surface area contributed by atoms with Gasteiger partial charge in [0.1, 0.15) is 0 Å². The number of pyridine rings is 2. The number of hydrogen-bond acceptors (Lipinski definition) is 6. The summed E-state index contributed by atoms with van der Waals surface area (Å²) in [6.45, 7) is 1.85. The van der Waals surface area contributed by atoms with E-state index in [-0.39, 0.29) is 17.5 Å². The molecule has 8 nitrogen and oxygen atoms in total. The summed E-state index contributed by atoms with van der Waals surface area (Å²) in [5.74, 6) is 0.869. The van der Waals surface area contributed by atoms with Crippen molar-refractivity contribution in [3.63, 3.8) is 0 Å². The fourth-order valence-electron chi connectivity index (χ4n) is 2.08. The summed E-state index contributed by atoms with van der Waals surface area (Å²) in [6, 6.07) is 8.23. The molecule has 0 saturated carbocycles. The standard InChI is InChI=1S/C13H12N6O2/c1-9(13-17-16-11-6-2-3-8-18(11)13)15-12-10(19(20)21)5-4-7-14-12/h2-9H,1H3,(H,14,15). The van der Waals surface area contributed by atoms with E-state index < -0.39 is 4.92 Å². The Kier molecular flexibility index (Phi) is 3.19. The second-order valence-electron chi connectivity index (χ2n) is 4.48. The van der Waals surface area contributed by atoms with Crippen molar-refractivity contribution < 1.29 is 4.92 Å². The van der Waals surface area contributed by atoms with E-state index in [1.165, 1.54) is 18.3 Å². The van der Waals surface area contributed by atoms with Crippen LogP contribution in [-0.4, -0.2) is 24.5 Å². The fraction of sp³-hybridized carbons (Fsp3) is 0.154. The lowest BCUT2D eigenvalue weighted by atomic mass is 10.3. The van der Waals surface area contributed by atoms with Gasteiger partial charge < -0.3 is 5.32 Å². The van der Waals surface area contributed by atoms with Gasteiger partial charge in [0.25, 0.3) is 0 Å². The largest absolute Gasteiger partial charge is 0.355 e. The Labute approximate surface area is 119 Å². The summed E-state index contributed by atoms with van der Waals surface area (Å²) in [6.07, 6.45) is 3.35. The second kappa shape index (κ2) is 5.16. The van der Waals surface area contributed by atoms with Crippen LogP contribution in [0, 0.1) is 10.1 Å². The summed E-state index contributed by atoms with van der Waals surface area (Å²) < 4.78 is 1.83. The smallest absolute Gasteiger partial charge is 0.311 e. The van der Waals surface area contributed by atoms with E-state index in [4.69, 9.17) is 0 Å². The van der Waals surface area contributed by atoms with Gasteiger partial charge in [0.2, 0.25) is 5.82 Å². The lowest BCUT2D eigenvalue weighted by Gasteiger charge is -2.12. The zero-order valence-electron chi connectivity index (χ0n) is 11.2. The molecule has 0 aromatic carbocycles. The molecule has 3 rings (SSSR count). The van der Waals surface area contributed by atoms with Gasteiger partial charge in [-0.1, -0.05) is 6.07 Å². The molecule has 0 aliphatic rings. The number of nitrogens with zero attached hydrogens (tertiary/aromatic N) is 5. The third kappa shape index (κ3) is 2.38. The highest BCUT2D eigenvalue weighted by molar-refractivity contribution is 5.56. The van der Waals surface area contributed by atoms with Gasteiger partial charge in [-0.05, 0) is 25.1 Å².